The van der Waals surface area contributed by atoms with E-state index in [0.717, 1.165) is 22.6 Å². The van der Waals surface area contributed by atoms with Gasteiger partial charge in [-0.2, -0.15) is 4.98 Å². The van der Waals surface area contributed by atoms with Crippen molar-refractivity contribution in [3.63, 3.8) is 0 Å². The first kappa shape index (κ1) is 12.0. The van der Waals surface area contributed by atoms with Crippen LogP contribution in [0.1, 0.15) is 32.6 Å². The average Bonchev–Trinajstić information content (AvgIpc) is 2.73. The molecule has 18 heavy (non-hydrogen) atoms. The van der Waals surface area contributed by atoms with Crippen LogP contribution in [0.5, 0.6) is 0 Å². The Bertz CT molecular complexity index is 554. The molecule has 0 amide bonds. The van der Waals surface area contributed by atoms with Crippen molar-refractivity contribution in [1.29, 1.82) is 0 Å². The van der Waals surface area contributed by atoms with Gasteiger partial charge in [-0.25, -0.2) is 4.52 Å². The molecule has 0 atom stereocenters. The summed E-state index contributed by atoms with van der Waals surface area (Å²) in [5.74, 6) is 0.724. The van der Waals surface area contributed by atoms with Gasteiger partial charge in [0.2, 0.25) is 5.95 Å². The van der Waals surface area contributed by atoms with Crippen molar-refractivity contribution in [1.82, 2.24) is 14.6 Å². The SMILES string of the molecule is CCC1(CNc2nc3c(Br)cccn3n2)CCC1. The average molecular weight is 309 g/mol. The van der Waals surface area contributed by atoms with Crippen molar-refractivity contribution in [2.75, 3.05) is 11.9 Å². The first-order chi connectivity index (χ1) is 8.72. The molecule has 0 unspecified atom stereocenters. The van der Waals surface area contributed by atoms with E-state index in [0.29, 0.717) is 5.41 Å². The van der Waals surface area contributed by atoms with Gasteiger partial charge >= 0.3 is 0 Å². The molecule has 1 aliphatic carbocycles. The van der Waals surface area contributed by atoms with Gasteiger partial charge in [0.25, 0.3) is 0 Å². The predicted molar refractivity (Wildman–Crippen MR) is 75.8 cm³/mol. The maximum Gasteiger partial charge on any atom is 0.243 e. The fraction of sp³-hybridized carbons (Fsp3) is 0.538. The highest BCUT2D eigenvalue weighted by atomic mass is 79.9. The summed E-state index contributed by atoms with van der Waals surface area (Å²) in [6.45, 7) is 3.26. The third kappa shape index (κ3) is 2.00. The molecule has 0 radical (unpaired) electrons. The molecule has 0 aliphatic heterocycles. The van der Waals surface area contributed by atoms with E-state index in [9.17, 15) is 0 Å². The Labute approximate surface area is 115 Å². The van der Waals surface area contributed by atoms with Gasteiger partial charge in [-0.05, 0) is 52.7 Å². The van der Waals surface area contributed by atoms with Crippen molar-refractivity contribution >= 4 is 27.5 Å². The van der Waals surface area contributed by atoms with Crippen LogP contribution in [0.3, 0.4) is 0 Å². The minimum atomic E-state index is 0.481. The lowest BCUT2D eigenvalue weighted by Gasteiger charge is -2.41. The van der Waals surface area contributed by atoms with Gasteiger partial charge < -0.3 is 5.32 Å². The van der Waals surface area contributed by atoms with Crippen molar-refractivity contribution in [2.24, 2.45) is 5.41 Å². The first-order valence-electron chi connectivity index (χ1n) is 6.47. The Kier molecular flexibility index (Phi) is 3.01. The van der Waals surface area contributed by atoms with Gasteiger partial charge in [-0.3, -0.25) is 0 Å². The molecule has 0 aromatic carbocycles. The van der Waals surface area contributed by atoms with E-state index < -0.39 is 0 Å². The van der Waals surface area contributed by atoms with Crippen LogP contribution >= 0.6 is 15.9 Å². The third-order valence-corrected chi connectivity index (χ3v) is 4.72. The summed E-state index contributed by atoms with van der Waals surface area (Å²) in [6.07, 6.45) is 7.16. The van der Waals surface area contributed by atoms with Gasteiger partial charge in [0, 0.05) is 12.7 Å². The molecule has 4 nitrogen and oxygen atoms in total. The lowest BCUT2D eigenvalue weighted by molar-refractivity contribution is 0.144. The maximum atomic E-state index is 4.50. The van der Waals surface area contributed by atoms with E-state index in [4.69, 9.17) is 0 Å². The highest BCUT2D eigenvalue weighted by Crippen LogP contribution is 2.43. The lowest BCUT2D eigenvalue weighted by atomic mass is 9.67. The second-order valence-electron chi connectivity index (χ2n) is 5.12. The molecular weight excluding hydrogens is 292 g/mol. The third-order valence-electron chi connectivity index (χ3n) is 4.10. The maximum absolute atomic E-state index is 4.50. The zero-order valence-electron chi connectivity index (χ0n) is 10.5. The molecule has 1 aliphatic rings. The minimum Gasteiger partial charge on any atom is -0.352 e. The molecule has 1 fully saturated rings. The Morgan fingerprint density at radius 1 is 1.50 bits per heavy atom. The fourth-order valence-corrected chi connectivity index (χ4v) is 2.97. The summed E-state index contributed by atoms with van der Waals surface area (Å²) >= 11 is 3.49. The van der Waals surface area contributed by atoms with Crippen LogP contribution in [0.4, 0.5) is 5.95 Å². The normalized spacial score (nSPS) is 17.7. The molecule has 96 valence electrons. The Balaban J connectivity index is 1.77. The number of hydrogen-bond donors (Lipinski definition) is 1. The largest absolute Gasteiger partial charge is 0.352 e. The van der Waals surface area contributed by atoms with Crippen LogP contribution < -0.4 is 5.32 Å². The molecule has 1 N–H and O–H groups in total. The number of halogens is 1. The van der Waals surface area contributed by atoms with Crippen LogP contribution in [0.15, 0.2) is 22.8 Å². The standard InChI is InChI=1S/C13H17BrN4/c1-2-13(6-4-7-13)9-15-12-16-11-10(14)5-3-8-18(11)17-12/h3,5,8H,2,4,6-7,9H2,1H3,(H,15,17). The zero-order chi connectivity index (χ0) is 12.6. The molecular formula is C13H17BrN4. The Morgan fingerprint density at radius 3 is 2.94 bits per heavy atom. The quantitative estimate of drug-likeness (QED) is 0.940. The number of anilines is 1. The van der Waals surface area contributed by atoms with E-state index >= 15 is 0 Å². The summed E-state index contributed by atoms with van der Waals surface area (Å²) in [5, 5.41) is 7.82. The van der Waals surface area contributed by atoms with Crippen LogP contribution in [-0.4, -0.2) is 21.1 Å². The molecule has 0 saturated heterocycles. The highest BCUT2D eigenvalue weighted by Gasteiger charge is 2.34. The number of aromatic nitrogens is 3. The predicted octanol–water partition coefficient (Wildman–Crippen LogP) is 3.48. The molecule has 3 rings (SSSR count). The molecule has 0 spiro atoms. The van der Waals surface area contributed by atoms with Crippen molar-refractivity contribution in [2.45, 2.75) is 32.6 Å². The number of nitrogens with zero attached hydrogens (tertiary/aromatic N) is 3. The number of rotatable bonds is 4. The number of nitrogens with one attached hydrogen (secondary N) is 1. The van der Waals surface area contributed by atoms with Crippen LogP contribution in [0, 0.1) is 5.41 Å². The van der Waals surface area contributed by atoms with Gasteiger partial charge in [0.15, 0.2) is 5.65 Å². The van der Waals surface area contributed by atoms with E-state index in [1.807, 2.05) is 18.3 Å². The van der Waals surface area contributed by atoms with Gasteiger partial charge in [0.1, 0.15) is 0 Å². The second kappa shape index (κ2) is 4.53. The Morgan fingerprint density at radius 2 is 2.33 bits per heavy atom. The topological polar surface area (TPSA) is 42.2 Å². The first-order valence-corrected chi connectivity index (χ1v) is 7.26. The van der Waals surface area contributed by atoms with Crippen molar-refractivity contribution < 1.29 is 0 Å². The molecule has 5 heteroatoms. The molecule has 1 saturated carbocycles. The van der Waals surface area contributed by atoms with Crippen LogP contribution in [-0.2, 0) is 0 Å². The summed E-state index contributed by atoms with van der Waals surface area (Å²) in [7, 11) is 0. The molecule has 2 heterocycles. The Hall–Kier alpha value is -1.10. The lowest BCUT2D eigenvalue weighted by Crippen LogP contribution is -2.36. The van der Waals surface area contributed by atoms with E-state index in [-0.39, 0.29) is 0 Å². The summed E-state index contributed by atoms with van der Waals surface area (Å²) < 4.78 is 2.77. The van der Waals surface area contributed by atoms with Crippen LogP contribution in [0.25, 0.3) is 5.65 Å². The van der Waals surface area contributed by atoms with Gasteiger partial charge in [0.05, 0.1) is 4.47 Å². The summed E-state index contributed by atoms with van der Waals surface area (Å²) in [6, 6.07) is 3.93. The van der Waals surface area contributed by atoms with Crippen molar-refractivity contribution in [3.8, 4) is 0 Å². The van der Waals surface area contributed by atoms with E-state index in [2.05, 4.69) is 38.3 Å². The fourth-order valence-electron chi connectivity index (χ4n) is 2.55. The molecule has 2 aromatic rings. The number of fused-ring (bicyclic) bond motifs is 1. The molecule has 0 bridgehead atoms. The highest BCUT2D eigenvalue weighted by molar-refractivity contribution is 9.10. The van der Waals surface area contributed by atoms with Crippen LogP contribution in [0.2, 0.25) is 0 Å². The zero-order valence-corrected chi connectivity index (χ0v) is 12.1. The van der Waals surface area contributed by atoms with Gasteiger partial charge in [-0.15, -0.1) is 5.10 Å². The minimum absolute atomic E-state index is 0.481. The summed E-state index contributed by atoms with van der Waals surface area (Å²) in [4.78, 5) is 4.50. The summed E-state index contributed by atoms with van der Waals surface area (Å²) in [5.41, 5.74) is 1.34. The van der Waals surface area contributed by atoms with Crippen molar-refractivity contribution in [3.05, 3.63) is 22.8 Å². The number of hydrogen-bond acceptors (Lipinski definition) is 3. The second-order valence-corrected chi connectivity index (χ2v) is 5.97. The smallest absolute Gasteiger partial charge is 0.243 e. The number of pyridine rings is 1. The van der Waals surface area contributed by atoms with E-state index in [1.165, 1.54) is 25.7 Å². The van der Waals surface area contributed by atoms with Gasteiger partial charge in [-0.1, -0.05) is 13.3 Å². The van der Waals surface area contributed by atoms with E-state index in [1.54, 1.807) is 4.52 Å². The monoisotopic (exact) mass is 308 g/mol. The molecule has 2 aromatic heterocycles.